The Labute approximate surface area is 130 Å². The number of urea groups is 1. The number of nitrogens with two attached hydrogens (primary N) is 1. The normalized spacial score (nSPS) is 11.5. The maximum atomic E-state index is 11.6. The first-order valence-electron chi connectivity index (χ1n) is 6.18. The smallest absolute Gasteiger partial charge is 0.326 e. The third-order valence-electron chi connectivity index (χ3n) is 2.62. The lowest BCUT2D eigenvalue weighted by atomic mass is 10.1. The molecule has 114 valence electrons. The predicted molar refractivity (Wildman–Crippen MR) is 79.4 cm³/mol. The molecule has 0 aliphatic carbocycles. The van der Waals surface area contributed by atoms with Gasteiger partial charge in [0.2, 0.25) is 5.91 Å². The first kappa shape index (κ1) is 17.0. The van der Waals surface area contributed by atoms with Crippen molar-refractivity contribution >= 4 is 33.8 Å². The van der Waals surface area contributed by atoms with E-state index in [1.807, 2.05) is 24.3 Å². The molecule has 5 N–H and O–H groups in total. The van der Waals surface area contributed by atoms with E-state index < -0.39 is 23.9 Å². The highest BCUT2D eigenvalue weighted by molar-refractivity contribution is 9.10. The van der Waals surface area contributed by atoms with Gasteiger partial charge in [-0.1, -0.05) is 28.1 Å². The van der Waals surface area contributed by atoms with Gasteiger partial charge in [-0.2, -0.15) is 0 Å². The van der Waals surface area contributed by atoms with E-state index in [2.05, 4.69) is 26.6 Å². The third kappa shape index (κ3) is 6.75. The highest BCUT2D eigenvalue weighted by atomic mass is 79.9. The SMILES string of the molecule is NC(=O)CC[C@@H](NC(=O)NCc1cccc(Br)c1)C(=O)O. The summed E-state index contributed by atoms with van der Waals surface area (Å²) in [5, 5.41) is 13.8. The molecule has 0 radical (unpaired) electrons. The Kier molecular flexibility index (Phi) is 6.67. The Balaban J connectivity index is 2.46. The lowest BCUT2D eigenvalue weighted by molar-refractivity contribution is -0.139. The van der Waals surface area contributed by atoms with Crippen LogP contribution in [-0.2, 0) is 16.1 Å². The van der Waals surface area contributed by atoms with Crippen LogP contribution in [-0.4, -0.2) is 29.1 Å². The van der Waals surface area contributed by atoms with E-state index in [-0.39, 0.29) is 19.4 Å². The van der Waals surface area contributed by atoms with Crippen molar-refractivity contribution < 1.29 is 19.5 Å². The van der Waals surface area contributed by atoms with Crippen molar-refractivity contribution in [3.05, 3.63) is 34.3 Å². The second-order valence-corrected chi connectivity index (χ2v) is 5.27. The van der Waals surface area contributed by atoms with E-state index in [4.69, 9.17) is 10.8 Å². The molecule has 3 amide bonds. The molecule has 0 aliphatic heterocycles. The molecule has 0 aliphatic rings. The zero-order valence-electron chi connectivity index (χ0n) is 11.1. The summed E-state index contributed by atoms with van der Waals surface area (Å²) < 4.78 is 0.882. The Hall–Kier alpha value is -2.09. The fourth-order valence-corrected chi connectivity index (χ4v) is 2.03. The maximum Gasteiger partial charge on any atom is 0.326 e. The Morgan fingerprint density at radius 2 is 2.05 bits per heavy atom. The number of nitrogens with one attached hydrogen (secondary N) is 2. The largest absolute Gasteiger partial charge is 0.480 e. The molecule has 0 bridgehead atoms. The van der Waals surface area contributed by atoms with E-state index in [9.17, 15) is 14.4 Å². The number of carbonyl (C=O) groups excluding carboxylic acids is 2. The van der Waals surface area contributed by atoms with Crippen molar-refractivity contribution in [2.24, 2.45) is 5.73 Å². The number of aliphatic carboxylic acids is 1. The van der Waals surface area contributed by atoms with Crippen molar-refractivity contribution in [1.82, 2.24) is 10.6 Å². The molecule has 0 fully saturated rings. The number of carbonyl (C=O) groups is 3. The van der Waals surface area contributed by atoms with Gasteiger partial charge in [0.15, 0.2) is 0 Å². The number of rotatable bonds is 7. The molecule has 0 heterocycles. The fraction of sp³-hybridized carbons (Fsp3) is 0.308. The summed E-state index contributed by atoms with van der Waals surface area (Å²) in [7, 11) is 0. The van der Waals surface area contributed by atoms with Crippen LogP contribution in [0.5, 0.6) is 0 Å². The van der Waals surface area contributed by atoms with Crippen LogP contribution in [0.2, 0.25) is 0 Å². The van der Waals surface area contributed by atoms with E-state index >= 15 is 0 Å². The van der Waals surface area contributed by atoms with Gasteiger partial charge in [0.25, 0.3) is 0 Å². The van der Waals surface area contributed by atoms with Crippen molar-refractivity contribution in [2.45, 2.75) is 25.4 Å². The Bertz CT molecular complexity index is 536. The van der Waals surface area contributed by atoms with Crippen LogP contribution in [0.3, 0.4) is 0 Å². The van der Waals surface area contributed by atoms with Gasteiger partial charge in [-0.05, 0) is 24.1 Å². The van der Waals surface area contributed by atoms with Crippen molar-refractivity contribution in [3.8, 4) is 0 Å². The van der Waals surface area contributed by atoms with Crippen LogP contribution in [0.25, 0.3) is 0 Å². The second-order valence-electron chi connectivity index (χ2n) is 4.35. The predicted octanol–water partition coefficient (Wildman–Crippen LogP) is 0.967. The number of carboxylic acid groups (broad SMARTS) is 1. The van der Waals surface area contributed by atoms with Gasteiger partial charge in [0.1, 0.15) is 6.04 Å². The fourth-order valence-electron chi connectivity index (χ4n) is 1.58. The van der Waals surface area contributed by atoms with Gasteiger partial charge in [-0.3, -0.25) is 4.79 Å². The zero-order chi connectivity index (χ0) is 15.8. The number of hydrogen-bond donors (Lipinski definition) is 4. The highest BCUT2D eigenvalue weighted by Crippen LogP contribution is 2.11. The number of benzene rings is 1. The minimum atomic E-state index is -1.21. The zero-order valence-corrected chi connectivity index (χ0v) is 12.7. The van der Waals surface area contributed by atoms with Crippen LogP contribution in [0.15, 0.2) is 28.7 Å². The number of primary amides is 1. The molecule has 1 atom stereocenters. The molecule has 0 aromatic heterocycles. The van der Waals surface area contributed by atoms with E-state index in [0.29, 0.717) is 0 Å². The number of carboxylic acids is 1. The molecule has 7 nitrogen and oxygen atoms in total. The molecular formula is C13H16BrN3O4. The number of halogens is 1. The minimum absolute atomic E-state index is 0.0467. The van der Waals surface area contributed by atoms with Crippen LogP contribution in [0.4, 0.5) is 4.79 Å². The molecule has 1 aromatic carbocycles. The lowest BCUT2D eigenvalue weighted by Gasteiger charge is -2.14. The summed E-state index contributed by atoms with van der Waals surface area (Å²) in [5.74, 6) is -1.83. The lowest BCUT2D eigenvalue weighted by Crippen LogP contribution is -2.46. The van der Waals surface area contributed by atoms with Gasteiger partial charge < -0.3 is 21.5 Å². The maximum absolute atomic E-state index is 11.6. The van der Waals surface area contributed by atoms with E-state index in [0.717, 1.165) is 10.0 Å². The molecule has 0 spiro atoms. The summed E-state index contributed by atoms with van der Waals surface area (Å²) in [5.41, 5.74) is 5.82. The molecule has 1 aromatic rings. The number of hydrogen-bond acceptors (Lipinski definition) is 3. The van der Waals surface area contributed by atoms with Crippen LogP contribution in [0, 0.1) is 0 Å². The van der Waals surface area contributed by atoms with Gasteiger partial charge >= 0.3 is 12.0 Å². The third-order valence-corrected chi connectivity index (χ3v) is 3.12. The average Bonchev–Trinajstić information content (AvgIpc) is 2.40. The highest BCUT2D eigenvalue weighted by Gasteiger charge is 2.20. The van der Waals surface area contributed by atoms with Crippen LogP contribution >= 0.6 is 15.9 Å². The summed E-state index contributed by atoms with van der Waals surface area (Å²) in [4.78, 5) is 33.3. The summed E-state index contributed by atoms with van der Waals surface area (Å²) in [6.07, 6.45) is -0.155. The van der Waals surface area contributed by atoms with Crippen molar-refractivity contribution in [1.29, 1.82) is 0 Å². The number of amides is 3. The molecular weight excluding hydrogens is 342 g/mol. The molecule has 0 saturated carbocycles. The van der Waals surface area contributed by atoms with Gasteiger partial charge in [0.05, 0.1) is 0 Å². The molecule has 8 heteroatoms. The first-order chi connectivity index (χ1) is 9.88. The first-order valence-corrected chi connectivity index (χ1v) is 6.97. The van der Waals surface area contributed by atoms with Gasteiger partial charge in [-0.15, -0.1) is 0 Å². The van der Waals surface area contributed by atoms with Crippen molar-refractivity contribution in [3.63, 3.8) is 0 Å². The Morgan fingerprint density at radius 3 is 2.62 bits per heavy atom. The van der Waals surface area contributed by atoms with Crippen molar-refractivity contribution in [2.75, 3.05) is 0 Å². The van der Waals surface area contributed by atoms with E-state index in [1.54, 1.807) is 0 Å². The average molecular weight is 358 g/mol. The molecule has 0 saturated heterocycles. The molecule has 21 heavy (non-hydrogen) atoms. The topological polar surface area (TPSA) is 122 Å². The van der Waals surface area contributed by atoms with Gasteiger partial charge in [-0.25, -0.2) is 9.59 Å². The Morgan fingerprint density at radius 1 is 1.33 bits per heavy atom. The van der Waals surface area contributed by atoms with Crippen LogP contribution in [0.1, 0.15) is 18.4 Å². The van der Waals surface area contributed by atoms with Gasteiger partial charge in [0, 0.05) is 17.4 Å². The summed E-state index contributed by atoms with van der Waals surface area (Å²) in [6, 6.07) is 5.57. The molecule has 1 rings (SSSR count). The minimum Gasteiger partial charge on any atom is -0.480 e. The summed E-state index contributed by atoms with van der Waals surface area (Å²) in [6.45, 7) is 0.257. The van der Waals surface area contributed by atoms with E-state index in [1.165, 1.54) is 0 Å². The second kappa shape index (κ2) is 8.25. The monoisotopic (exact) mass is 357 g/mol. The summed E-state index contributed by atoms with van der Waals surface area (Å²) >= 11 is 3.31. The van der Waals surface area contributed by atoms with Crippen LogP contribution < -0.4 is 16.4 Å². The standard InChI is InChI=1S/C13H16BrN3O4/c14-9-3-1-2-8(6-9)7-16-13(21)17-10(12(19)20)4-5-11(15)18/h1-3,6,10H,4-5,7H2,(H2,15,18)(H,19,20)(H2,16,17,21)/t10-/m1/s1. The molecule has 0 unspecified atom stereocenters. The quantitative estimate of drug-likeness (QED) is 0.580.